The fourth-order valence-corrected chi connectivity index (χ4v) is 0.614. The number of ether oxygens (including phenoxy) is 1. The monoisotopic (exact) mass is 200 g/mol. The van der Waals surface area contributed by atoms with Crippen molar-refractivity contribution < 1.29 is 22.7 Å². The Morgan fingerprint density at radius 2 is 2.08 bits per heavy atom. The second kappa shape index (κ2) is 5.03. The first-order valence-electron chi connectivity index (χ1n) is 3.47. The molecule has 0 aliphatic heterocycles. The number of hydrazine groups is 1. The van der Waals surface area contributed by atoms with Crippen LogP contribution >= 0.6 is 0 Å². The first-order valence-corrected chi connectivity index (χ1v) is 3.47. The predicted octanol–water partition coefficient (Wildman–Crippen LogP) is 0.287. The van der Waals surface area contributed by atoms with Crippen LogP contribution in [0.3, 0.4) is 0 Å². The number of nitrogens with zero attached hydrogens (tertiary/aromatic N) is 1. The Morgan fingerprint density at radius 3 is 2.46 bits per heavy atom. The van der Waals surface area contributed by atoms with E-state index in [9.17, 15) is 18.0 Å². The summed E-state index contributed by atoms with van der Waals surface area (Å²) in [7, 11) is 1.35. The summed E-state index contributed by atoms with van der Waals surface area (Å²) >= 11 is 0. The number of halogens is 3. The summed E-state index contributed by atoms with van der Waals surface area (Å²) in [6, 6.07) is 0. The van der Waals surface area contributed by atoms with Gasteiger partial charge in [-0.05, 0) is 0 Å². The van der Waals surface area contributed by atoms with Crippen molar-refractivity contribution in [3.63, 3.8) is 0 Å². The molecule has 0 saturated heterocycles. The maximum atomic E-state index is 11.7. The first-order chi connectivity index (χ1) is 5.87. The maximum Gasteiger partial charge on any atom is 0.407 e. The van der Waals surface area contributed by atoms with Crippen LogP contribution in [0.1, 0.15) is 6.42 Å². The lowest BCUT2D eigenvalue weighted by Gasteiger charge is -2.17. The Bertz CT molecular complexity index is 172. The van der Waals surface area contributed by atoms with Gasteiger partial charge in [-0.25, -0.2) is 5.84 Å². The second-order valence-corrected chi connectivity index (χ2v) is 2.38. The van der Waals surface area contributed by atoms with E-state index in [1.807, 2.05) is 0 Å². The Labute approximate surface area is 73.4 Å². The summed E-state index contributed by atoms with van der Waals surface area (Å²) in [6.45, 7) is -1.38. The highest BCUT2D eigenvalue weighted by Gasteiger charge is 2.31. The summed E-state index contributed by atoms with van der Waals surface area (Å²) in [6.07, 6.45) is -4.61. The fraction of sp³-hybridized carbons (Fsp3) is 0.833. The van der Waals surface area contributed by atoms with Crippen molar-refractivity contribution in [1.82, 2.24) is 5.01 Å². The summed E-state index contributed by atoms with van der Waals surface area (Å²) < 4.78 is 39.6. The zero-order valence-electron chi connectivity index (χ0n) is 7.10. The molecule has 0 heterocycles. The van der Waals surface area contributed by atoms with Gasteiger partial charge in [-0.15, -0.1) is 0 Å². The van der Waals surface area contributed by atoms with Gasteiger partial charge in [0, 0.05) is 7.11 Å². The van der Waals surface area contributed by atoms with Crippen LogP contribution in [-0.2, 0) is 9.53 Å². The number of amides is 1. The minimum absolute atomic E-state index is 0.0599. The van der Waals surface area contributed by atoms with E-state index in [0.717, 1.165) is 0 Å². The maximum absolute atomic E-state index is 11.7. The van der Waals surface area contributed by atoms with E-state index in [4.69, 9.17) is 5.84 Å². The molecule has 0 saturated carbocycles. The van der Waals surface area contributed by atoms with Gasteiger partial charge in [0.15, 0.2) is 0 Å². The minimum Gasteiger partial charge on any atom is -0.384 e. The molecule has 0 spiro atoms. The lowest BCUT2D eigenvalue weighted by atomic mass is 10.4. The van der Waals surface area contributed by atoms with Crippen LogP contribution in [0.5, 0.6) is 0 Å². The van der Waals surface area contributed by atoms with Gasteiger partial charge in [0.2, 0.25) is 5.91 Å². The number of rotatable bonds is 4. The SMILES string of the molecule is COCCC(=O)N(N)CC(F)(F)F. The Hall–Kier alpha value is -0.820. The highest BCUT2D eigenvalue weighted by Crippen LogP contribution is 2.14. The molecule has 0 atom stereocenters. The topological polar surface area (TPSA) is 55.6 Å². The molecule has 13 heavy (non-hydrogen) atoms. The molecule has 0 aromatic carbocycles. The van der Waals surface area contributed by atoms with Crippen molar-refractivity contribution in [2.45, 2.75) is 12.6 Å². The van der Waals surface area contributed by atoms with Crippen LogP contribution in [0.2, 0.25) is 0 Å². The molecular weight excluding hydrogens is 189 g/mol. The van der Waals surface area contributed by atoms with Crippen molar-refractivity contribution in [2.75, 3.05) is 20.3 Å². The van der Waals surface area contributed by atoms with E-state index in [1.165, 1.54) is 7.11 Å². The van der Waals surface area contributed by atoms with Crippen molar-refractivity contribution in [1.29, 1.82) is 0 Å². The highest BCUT2D eigenvalue weighted by molar-refractivity contribution is 5.75. The van der Waals surface area contributed by atoms with E-state index in [2.05, 4.69) is 4.74 Å². The fourth-order valence-electron chi connectivity index (χ4n) is 0.614. The van der Waals surface area contributed by atoms with Crippen molar-refractivity contribution in [2.24, 2.45) is 5.84 Å². The van der Waals surface area contributed by atoms with E-state index >= 15 is 0 Å². The number of carbonyl (C=O) groups excluding carboxylic acids is 1. The Kier molecular flexibility index (Phi) is 4.71. The first kappa shape index (κ1) is 12.2. The van der Waals surface area contributed by atoms with Gasteiger partial charge in [-0.2, -0.15) is 13.2 Å². The average molecular weight is 200 g/mol. The normalized spacial score (nSPS) is 11.5. The standard InChI is InChI=1S/C6H11F3N2O2/c1-13-3-2-5(12)11(10)4-6(7,8)9/h2-4,10H2,1H3. The van der Waals surface area contributed by atoms with Crippen LogP contribution in [0, 0.1) is 0 Å². The molecule has 0 rings (SSSR count). The molecule has 1 amide bonds. The zero-order valence-corrected chi connectivity index (χ0v) is 7.10. The number of carbonyl (C=O) groups is 1. The van der Waals surface area contributed by atoms with Crippen LogP contribution < -0.4 is 5.84 Å². The van der Waals surface area contributed by atoms with E-state index in [0.29, 0.717) is 0 Å². The number of alkyl halides is 3. The van der Waals surface area contributed by atoms with Gasteiger partial charge in [0.25, 0.3) is 0 Å². The lowest BCUT2D eigenvalue weighted by molar-refractivity contribution is -0.162. The van der Waals surface area contributed by atoms with Crippen LogP contribution in [0.4, 0.5) is 13.2 Å². The molecule has 2 N–H and O–H groups in total. The zero-order chi connectivity index (χ0) is 10.5. The van der Waals surface area contributed by atoms with Gasteiger partial charge >= 0.3 is 6.18 Å². The van der Waals surface area contributed by atoms with Gasteiger partial charge in [0.1, 0.15) is 6.54 Å². The highest BCUT2D eigenvalue weighted by atomic mass is 19.4. The molecule has 0 unspecified atom stereocenters. The third-order valence-electron chi connectivity index (χ3n) is 1.19. The van der Waals surface area contributed by atoms with Crippen molar-refractivity contribution in [3.05, 3.63) is 0 Å². The average Bonchev–Trinajstić information content (AvgIpc) is 1.96. The molecule has 7 heteroatoms. The van der Waals surface area contributed by atoms with Gasteiger partial charge < -0.3 is 4.74 Å². The number of hydrogen-bond acceptors (Lipinski definition) is 3. The molecular formula is C6H11F3N2O2. The van der Waals surface area contributed by atoms with E-state index in [1.54, 1.807) is 0 Å². The largest absolute Gasteiger partial charge is 0.407 e. The third-order valence-corrected chi connectivity index (χ3v) is 1.19. The predicted molar refractivity (Wildman–Crippen MR) is 38.4 cm³/mol. The molecule has 0 aromatic heterocycles. The molecule has 0 radical (unpaired) electrons. The quantitative estimate of drug-likeness (QED) is 0.403. The number of hydrogen-bond donors (Lipinski definition) is 1. The lowest BCUT2D eigenvalue weighted by Crippen LogP contribution is -2.44. The molecule has 4 nitrogen and oxygen atoms in total. The second-order valence-electron chi connectivity index (χ2n) is 2.38. The Balaban J connectivity index is 3.83. The summed E-state index contributed by atoms with van der Waals surface area (Å²) in [5.74, 6) is 4.06. The molecule has 0 bridgehead atoms. The van der Waals surface area contributed by atoms with Crippen LogP contribution in [-0.4, -0.2) is 37.4 Å². The van der Waals surface area contributed by atoms with Crippen LogP contribution in [0.25, 0.3) is 0 Å². The van der Waals surface area contributed by atoms with Crippen molar-refractivity contribution >= 4 is 5.91 Å². The summed E-state index contributed by atoms with van der Waals surface area (Å²) in [5, 5.41) is 0.138. The Morgan fingerprint density at radius 1 is 1.54 bits per heavy atom. The summed E-state index contributed by atoms with van der Waals surface area (Å²) in [5.41, 5.74) is 0. The molecule has 78 valence electrons. The van der Waals surface area contributed by atoms with Crippen molar-refractivity contribution in [3.8, 4) is 0 Å². The molecule has 0 aliphatic carbocycles. The number of methoxy groups -OCH3 is 1. The van der Waals surface area contributed by atoms with Crippen LogP contribution in [0.15, 0.2) is 0 Å². The van der Waals surface area contributed by atoms with Gasteiger partial charge in [-0.3, -0.25) is 9.80 Å². The van der Waals surface area contributed by atoms with Gasteiger partial charge in [0.05, 0.1) is 13.0 Å². The van der Waals surface area contributed by atoms with E-state index in [-0.39, 0.29) is 18.0 Å². The van der Waals surface area contributed by atoms with E-state index < -0.39 is 18.6 Å². The van der Waals surface area contributed by atoms with Gasteiger partial charge in [-0.1, -0.05) is 0 Å². The molecule has 0 aliphatic rings. The molecule has 0 aromatic rings. The summed E-state index contributed by atoms with van der Waals surface area (Å²) in [4.78, 5) is 10.8. The minimum atomic E-state index is -4.46. The third kappa shape index (κ3) is 6.35. The smallest absolute Gasteiger partial charge is 0.384 e. The number of nitrogens with two attached hydrogens (primary N) is 1. The molecule has 0 fully saturated rings.